The largest absolute Gasteiger partial charge is 0.411 e. The summed E-state index contributed by atoms with van der Waals surface area (Å²) in [6, 6.07) is 0. The number of hydrogen-bond donors (Lipinski definition) is 0. The van der Waals surface area contributed by atoms with E-state index >= 15 is 0 Å². The molecule has 0 aromatic rings. The fourth-order valence-electron chi connectivity index (χ4n) is 1.50. The van der Waals surface area contributed by atoms with Crippen molar-refractivity contribution in [2.75, 3.05) is 0 Å². The number of hydrogen-bond acceptors (Lipinski definition) is 1. The third-order valence-electron chi connectivity index (χ3n) is 3.74. The molecule has 1 atom stereocenters. The van der Waals surface area contributed by atoms with Gasteiger partial charge >= 0.3 is 6.18 Å². The highest BCUT2D eigenvalue weighted by Gasteiger charge is 2.38. The molecular formula is C14H26F3IOSi. The fraction of sp³-hybridized carbons (Fsp3) is 0.857. The topological polar surface area (TPSA) is 9.23 Å². The Kier molecular flexibility index (Phi) is 8.35. The van der Waals surface area contributed by atoms with Gasteiger partial charge in [0.1, 0.15) is 0 Å². The molecule has 0 amide bonds. The first-order chi connectivity index (χ1) is 8.89. The minimum Gasteiger partial charge on any atom is -0.411 e. The van der Waals surface area contributed by atoms with Crippen LogP contribution < -0.4 is 0 Å². The highest BCUT2D eigenvalue weighted by Crippen LogP contribution is 2.38. The third kappa shape index (κ3) is 8.66. The Hall–Kier alpha value is 0.437. The molecule has 0 aliphatic heterocycles. The summed E-state index contributed by atoms with van der Waals surface area (Å²) in [4.78, 5) is 0. The molecule has 120 valence electrons. The van der Waals surface area contributed by atoms with Crippen LogP contribution in [0.2, 0.25) is 18.1 Å². The Morgan fingerprint density at radius 3 is 2.10 bits per heavy atom. The van der Waals surface area contributed by atoms with Crippen LogP contribution in [0.5, 0.6) is 0 Å². The molecule has 6 heteroatoms. The van der Waals surface area contributed by atoms with E-state index in [2.05, 4.69) is 56.5 Å². The zero-order valence-corrected chi connectivity index (χ0v) is 16.1. The van der Waals surface area contributed by atoms with Gasteiger partial charge in [0.05, 0.1) is 6.10 Å². The van der Waals surface area contributed by atoms with Gasteiger partial charge in [0.2, 0.25) is 0 Å². The van der Waals surface area contributed by atoms with Gasteiger partial charge in [0.15, 0.2) is 8.32 Å². The summed E-state index contributed by atoms with van der Waals surface area (Å²) in [6.07, 6.45) is -1.49. The summed E-state index contributed by atoms with van der Waals surface area (Å²) in [5.41, 5.74) is 0. The molecule has 20 heavy (non-hydrogen) atoms. The first kappa shape index (κ1) is 20.4. The molecule has 0 aromatic heterocycles. The SMILES string of the molecule is CC(C)(C)[Si](C)(C)OC(C=CI)CCCCC(F)(F)F. The maximum Gasteiger partial charge on any atom is 0.389 e. The van der Waals surface area contributed by atoms with Crippen LogP contribution in [0.1, 0.15) is 46.5 Å². The van der Waals surface area contributed by atoms with Crippen LogP contribution in [0.15, 0.2) is 10.2 Å². The molecule has 0 aliphatic carbocycles. The van der Waals surface area contributed by atoms with E-state index in [4.69, 9.17) is 4.43 Å². The van der Waals surface area contributed by atoms with Crippen molar-refractivity contribution in [1.82, 2.24) is 0 Å². The van der Waals surface area contributed by atoms with E-state index in [0.717, 1.165) is 0 Å². The highest BCUT2D eigenvalue weighted by molar-refractivity contribution is 14.1. The molecule has 0 rings (SSSR count). The van der Waals surface area contributed by atoms with Gasteiger partial charge in [-0.2, -0.15) is 13.2 Å². The second-order valence-corrected chi connectivity index (χ2v) is 12.1. The average Bonchev–Trinajstić information content (AvgIpc) is 2.21. The highest BCUT2D eigenvalue weighted by atomic mass is 127. The predicted molar refractivity (Wildman–Crippen MR) is 89.8 cm³/mol. The van der Waals surface area contributed by atoms with Crippen molar-refractivity contribution in [3.63, 3.8) is 0 Å². The maximum absolute atomic E-state index is 12.1. The van der Waals surface area contributed by atoms with Crippen LogP contribution in [-0.4, -0.2) is 20.6 Å². The molecule has 0 radical (unpaired) electrons. The monoisotopic (exact) mass is 422 g/mol. The van der Waals surface area contributed by atoms with E-state index in [0.29, 0.717) is 12.8 Å². The van der Waals surface area contributed by atoms with Crippen molar-refractivity contribution >= 4 is 30.9 Å². The van der Waals surface area contributed by atoms with Crippen LogP contribution in [0.3, 0.4) is 0 Å². The zero-order valence-electron chi connectivity index (χ0n) is 13.0. The van der Waals surface area contributed by atoms with Gasteiger partial charge in [0.25, 0.3) is 0 Å². The zero-order chi connectivity index (χ0) is 16.0. The second kappa shape index (κ2) is 8.17. The molecule has 0 spiro atoms. The van der Waals surface area contributed by atoms with E-state index in [1.165, 1.54) is 0 Å². The predicted octanol–water partition coefficient (Wildman–Crippen LogP) is 6.45. The van der Waals surface area contributed by atoms with E-state index in [9.17, 15) is 13.2 Å². The van der Waals surface area contributed by atoms with Gasteiger partial charge in [-0.3, -0.25) is 0 Å². The van der Waals surface area contributed by atoms with Crippen LogP contribution in [0, 0.1) is 0 Å². The summed E-state index contributed by atoms with van der Waals surface area (Å²) in [5, 5.41) is 0.107. The summed E-state index contributed by atoms with van der Waals surface area (Å²) >= 11 is 2.12. The molecule has 0 saturated heterocycles. The first-order valence-corrected chi connectivity index (χ1v) is 11.1. The number of halogens is 4. The van der Waals surface area contributed by atoms with Crippen molar-refractivity contribution in [2.24, 2.45) is 0 Å². The molecule has 0 N–H and O–H groups in total. The Morgan fingerprint density at radius 1 is 1.15 bits per heavy atom. The molecule has 0 aromatic carbocycles. The molecular weight excluding hydrogens is 396 g/mol. The number of rotatable bonds is 7. The van der Waals surface area contributed by atoms with Crippen molar-refractivity contribution < 1.29 is 17.6 Å². The lowest BCUT2D eigenvalue weighted by Gasteiger charge is -2.38. The van der Waals surface area contributed by atoms with Crippen molar-refractivity contribution in [1.29, 1.82) is 0 Å². The van der Waals surface area contributed by atoms with Crippen LogP contribution >= 0.6 is 22.6 Å². The molecule has 0 bridgehead atoms. The lowest BCUT2D eigenvalue weighted by atomic mass is 10.1. The minimum absolute atomic E-state index is 0.0685. The maximum atomic E-state index is 12.1. The van der Waals surface area contributed by atoms with Gasteiger partial charge in [-0.25, -0.2) is 0 Å². The van der Waals surface area contributed by atoms with Crippen LogP contribution in [-0.2, 0) is 4.43 Å². The Labute approximate surface area is 135 Å². The standard InChI is InChI=1S/C14H26F3IOSi/c1-13(2,3)20(4,5)19-12(9-11-18)8-6-7-10-14(15,16)17/h9,11-12H,6-8,10H2,1-5H3. The van der Waals surface area contributed by atoms with E-state index in [-0.39, 0.29) is 17.6 Å². The average molecular weight is 422 g/mol. The molecule has 1 unspecified atom stereocenters. The molecule has 0 aliphatic rings. The van der Waals surface area contributed by atoms with E-state index in [1.54, 1.807) is 0 Å². The normalized spacial score (nSPS) is 15.8. The quantitative estimate of drug-likeness (QED) is 0.260. The Morgan fingerprint density at radius 2 is 1.70 bits per heavy atom. The first-order valence-electron chi connectivity index (χ1n) is 6.90. The number of unbranched alkanes of at least 4 members (excludes halogenated alkanes) is 1. The summed E-state index contributed by atoms with van der Waals surface area (Å²) in [6.45, 7) is 10.8. The summed E-state index contributed by atoms with van der Waals surface area (Å²) in [5.74, 6) is 0. The van der Waals surface area contributed by atoms with Gasteiger partial charge in [0, 0.05) is 6.42 Å². The Bertz CT molecular complexity index is 309. The van der Waals surface area contributed by atoms with Gasteiger partial charge < -0.3 is 4.43 Å². The lowest BCUT2D eigenvalue weighted by molar-refractivity contribution is -0.135. The van der Waals surface area contributed by atoms with E-state index < -0.39 is 20.9 Å². The summed E-state index contributed by atoms with van der Waals surface area (Å²) < 4.78 is 44.5. The van der Waals surface area contributed by atoms with Crippen molar-refractivity contribution in [3.8, 4) is 0 Å². The third-order valence-corrected chi connectivity index (χ3v) is 8.66. The molecule has 0 fully saturated rings. The van der Waals surface area contributed by atoms with Gasteiger partial charge in [-0.05, 0) is 35.1 Å². The van der Waals surface area contributed by atoms with Gasteiger partial charge in [-0.1, -0.05) is 55.9 Å². The van der Waals surface area contributed by atoms with Crippen molar-refractivity contribution in [2.45, 2.75) is 76.9 Å². The van der Waals surface area contributed by atoms with E-state index in [1.807, 2.05) is 10.2 Å². The fourth-order valence-corrected chi connectivity index (χ4v) is 3.27. The smallest absolute Gasteiger partial charge is 0.389 e. The van der Waals surface area contributed by atoms with Crippen LogP contribution in [0.25, 0.3) is 0 Å². The molecule has 1 nitrogen and oxygen atoms in total. The summed E-state index contributed by atoms with van der Waals surface area (Å²) in [7, 11) is -1.88. The second-order valence-electron chi connectivity index (χ2n) is 6.60. The minimum atomic E-state index is -4.05. The molecule has 0 saturated carbocycles. The van der Waals surface area contributed by atoms with Crippen LogP contribution in [0.4, 0.5) is 13.2 Å². The Balaban J connectivity index is 4.39. The lowest BCUT2D eigenvalue weighted by Crippen LogP contribution is -2.43. The molecule has 0 heterocycles. The van der Waals surface area contributed by atoms with Crippen molar-refractivity contribution in [3.05, 3.63) is 10.2 Å². The number of alkyl halides is 3. The van der Waals surface area contributed by atoms with Gasteiger partial charge in [-0.15, -0.1) is 0 Å².